The van der Waals surface area contributed by atoms with E-state index in [1.165, 1.54) is 35.4 Å². The molecular formula is C20H26O2S2. The third kappa shape index (κ3) is 2.88. The van der Waals surface area contributed by atoms with Crippen LogP contribution in [0.2, 0.25) is 0 Å². The van der Waals surface area contributed by atoms with Crippen molar-refractivity contribution in [2.24, 2.45) is 11.8 Å². The van der Waals surface area contributed by atoms with E-state index in [1.54, 1.807) is 0 Å². The molecule has 2 aromatic rings. The minimum Gasteiger partial charge on any atom is -0.381 e. The third-order valence-corrected chi connectivity index (χ3v) is 8.19. The first kappa shape index (κ1) is 16.8. The van der Waals surface area contributed by atoms with E-state index in [4.69, 9.17) is 9.47 Å². The van der Waals surface area contributed by atoms with Crippen LogP contribution in [0.15, 0.2) is 35.0 Å². The molecule has 0 saturated heterocycles. The van der Waals surface area contributed by atoms with Crippen LogP contribution in [-0.4, -0.2) is 26.4 Å². The summed E-state index contributed by atoms with van der Waals surface area (Å²) in [6.07, 6.45) is 5.48. The van der Waals surface area contributed by atoms with Crippen molar-refractivity contribution in [2.45, 2.75) is 49.7 Å². The molecule has 2 aromatic heterocycles. The number of hydrogen-bond donors (Lipinski definition) is 0. The Bertz CT molecular complexity index is 566. The quantitative estimate of drug-likeness (QED) is 0.712. The minimum atomic E-state index is 0.358. The highest BCUT2D eigenvalue weighted by atomic mass is 32.1. The van der Waals surface area contributed by atoms with Crippen molar-refractivity contribution in [3.05, 3.63) is 44.8 Å². The van der Waals surface area contributed by atoms with Crippen molar-refractivity contribution in [2.75, 3.05) is 14.2 Å². The lowest BCUT2D eigenvalue weighted by Gasteiger charge is -2.51. The molecule has 0 N–H and O–H groups in total. The van der Waals surface area contributed by atoms with Crippen LogP contribution in [0.4, 0.5) is 0 Å². The van der Waals surface area contributed by atoms with Gasteiger partial charge in [0, 0.05) is 24.0 Å². The topological polar surface area (TPSA) is 18.5 Å². The maximum atomic E-state index is 6.00. The number of rotatable bonds is 4. The molecule has 0 aromatic carbocycles. The van der Waals surface area contributed by atoms with Crippen LogP contribution in [0.1, 0.15) is 47.3 Å². The van der Waals surface area contributed by atoms with Crippen LogP contribution in [-0.2, 0) is 9.47 Å². The summed E-state index contributed by atoms with van der Waals surface area (Å²) in [5, 5.41) is 4.43. The van der Waals surface area contributed by atoms with Crippen LogP contribution in [0.5, 0.6) is 0 Å². The minimum absolute atomic E-state index is 0.358. The Morgan fingerprint density at radius 2 is 1.21 bits per heavy atom. The predicted molar refractivity (Wildman–Crippen MR) is 101 cm³/mol. The average Bonchev–Trinajstić information content (AvgIpc) is 3.33. The molecule has 4 rings (SSSR count). The molecule has 2 saturated carbocycles. The number of fused-ring (bicyclic) bond motifs is 1. The summed E-state index contributed by atoms with van der Waals surface area (Å²) < 4.78 is 12.0. The lowest BCUT2D eigenvalue weighted by atomic mass is 9.58. The van der Waals surface area contributed by atoms with E-state index >= 15 is 0 Å². The zero-order valence-electron chi connectivity index (χ0n) is 14.4. The summed E-state index contributed by atoms with van der Waals surface area (Å²) >= 11 is 3.82. The number of methoxy groups -OCH3 is 2. The van der Waals surface area contributed by atoms with E-state index in [9.17, 15) is 0 Å². The highest BCUT2D eigenvalue weighted by Gasteiger charge is 2.50. The normalized spacial score (nSPS) is 36.4. The summed E-state index contributed by atoms with van der Waals surface area (Å²) in [7, 11) is 3.80. The molecule has 0 aliphatic heterocycles. The van der Waals surface area contributed by atoms with Gasteiger partial charge in [-0.1, -0.05) is 12.1 Å². The van der Waals surface area contributed by atoms with Gasteiger partial charge >= 0.3 is 0 Å². The van der Waals surface area contributed by atoms with Gasteiger partial charge in [0.15, 0.2) is 0 Å². The zero-order chi connectivity index (χ0) is 16.5. The van der Waals surface area contributed by atoms with Crippen molar-refractivity contribution in [3.63, 3.8) is 0 Å². The standard InChI is InChI=1S/C20H26O2S2/c1-21-15-9-7-14(18-6-4-12-24-18)20-16(22-2)10-8-13(19(15)20)17-5-3-11-23-17/h3-6,11-16,19-20H,7-10H2,1-2H3. The largest absolute Gasteiger partial charge is 0.381 e. The average molecular weight is 363 g/mol. The molecule has 24 heavy (non-hydrogen) atoms. The van der Waals surface area contributed by atoms with Gasteiger partial charge in [0.1, 0.15) is 0 Å². The van der Waals surface area contributed by atoms with Gasteiger partial charge in [0.05, 0.1) is 12.2 Å². The van der Waals surface area contributed by atoms with Gasteiger partial charge in [-0.2, -0.15) is 0 Å². The molecule has 4 heteroatoms. The molecule has 130 valence electrons. The molecule has 0 bridgehead atoms. The Morgan fingerprint density at radius 1 is 0.750 bits per heavy atom. The van der Waals surface area contributed by atoms with Gasteiger partial charge in [0.25, 0.3) is 0 Å². The van der Waals surface area contributed by atoms with Crippen LogP contribution in [0.3, 0.4) is 0 Å². The maximum Gasteiger partial charge on any atom is 0.0609 e. The molecule has 0 amide bonds. The monoisotopic (exact) mass is 362 g/mol. The molecule has 2 nitrogen and oxygen atoms in total. The summed E-state index contributed by atoms with van der Waals surface area (Å²) in [5.74, 6) is 2.37. The third-order valence-electron chi connectivity index (χ3n) is 6.18. The van der Waals surface area contributed by atoms with Crippen molar-refractivity contribution < 1.29 is 9.47 Å². The maximum absolute atomic E-state index is 6.00. The van der Waals surface area contributed by atoms with E-state index in [-0.39, 0.29) is 0 Å². The lowest BCUT2D eigenvalue weighted by Crippen LogP contribution is -2.49. The van der Waals surface area contributed by atoms with Gasteiger partial charge in [-0.25, -0.2) is 0 Å². The van der Waals surface area contributed by atoms with Gasteiger partial charge < -0.3 is 9.47 Å². The molecule has 2 aliphatic carbocycles. The van der Waals surface area contributed by atoms with E-state index in [0.717, 1.165) is 0 Å². The number of ether oxygens (including phenoxy) is 2. The second-order valence-electron chi connectivity index (χ2n) is 7.10. The van der Waals surface area contributed by atoms with E-state index in [1.807, 2.05) is 36.9 Å². The van der Waals surface area contributed by atoms with Crippen molar-refractivity contribution >= 4 is 22.7 Å². The Hall–Kier alpha value is -0.680. The van der Waals surface area contributed by atoms with Crippen LogP contribution >= 0.6 is 22.7 Å². The summed E-state index contributed by atoms with van der Waals surface area (Å²) in [6.45, 7) is 0. The van der Waals surface area contributed by atoms with E-state index in [2.05, 4.69) is 35.0 Å². The summed E-state index contributed by atoms with van der Waals surface area (Å²) in [4.78, 5) is 3.07. The van der Waals surface area contributed by atoms with E-state index in [0.29, 0.717) is 35.9 Å². The predicted octanol–water partition coefficient (Wildman–Crippen LogP) is 5.53. The first-order valence-corrected chi connectivity index (χ1v) is 10.7. The Balaban J connectivity index is 1.73. The number of thiophene rings is 2. The molecule has 6 unspecified atom stereocenters. The van der Waals surface area contributed by atoms with Crippen molar-refractivity contribution in [1.29, 1.82) is 0 Å². The SMILES string of the molecule is COC1CCC(c2cccs2)C2C(OC)CCC(c3cccs3)C12. The van der Waals surface area contributed by atoms with Crippen LogP contribution in [0.25, 0.3) is 0 Å². The van der Waals surface area contributed by atoms with Crippen molar-refractivity contribution in [3.8, 4) is 0 Å². The molecule has 0 radical (unpaired) electrons. The molecular weight excluding hydrogens is 336 g/mol. The van der Waals surface area contributed by atoms with Gasteiger partial charge in [-0.05, 0) is 72.2 Å². The van der Waals surface area contributed by atoms with E-state index < -0.39 is 0 Å². The molecule has 2 heterocycles. The Kier molecular flexibility index (Phi) is 5.09. The summed E-state index contributed by atoms with van der Waals surface area (Å²) in [6, 6.07) is 9.03. The van der Waals surface area contributed by atoms with Gasteiger partial charge in [-0.3, -0.25) is 0 Å². The fraction of sp³-hybridized carbons (Fsp3) is 0.600. The van der Waals surface area contributed by atoms with Crippen LogP contribution in [0, 0.1) is 11.8 Å². The molecule has 2 aliphatic rings. The van der Waals surface area contributed by atoms with Gasteiger partial charge in [-0.15, -0.1) is 22.7 Å². The summed E-state index contributed by atoms with van der Waals surface area (Å²) in [5.41, 5.74) is 0. The highest BCUT2D eigenvalue weighted by Crippen LogP contribution is 2.55. The lowest BCUT2D eigenvalue weighted by molar-refractivity contribution is -0.0996. The molecule has 2 fully saturated rings. The van der Waals surface area contributed by atoms with Gasteiger partial charge in [0.2, 0.25) is 0 Å². The smallest absolute Gasteiger partial charge is 0.0609 e. The zero-order valence-corrected chi connectivity index (χ0v) is 16.0. The number of hydrogen-bond acceptors (Lipinski definition) is 4. The Morgan fingerprint density at radius 3 is 1.54 bits per heavy atom. The van der Waals surface area contributed by atoms with Crippen LogP contribution < -0.4 is 0 Å². The highest BCUT2D eigenvalue weighted by molar-refractivity contribution is 7.10. The fourth-order valence-corrected chi connectivity index (χ4v) is 7.07. The Labute approximate surface area is 152 Å². The molecule has 6 atom stereocenters. The second-order valence-corrected chi connectivity index (χ2v) is 9.06. The second kappa shape index (κ2) is 7.28. The fourth-order valence-electron chi connectivity index (χ4n) is 5.23. The first-order valence-electron chi connectivity index (χ1n) is 8.96. The molecule has 0 spiro atoms. The van der Waals surface area contributed by atoms with Crippen molar-refractivity contribution in [1.82, 2.24) is 0 Å². The first-order chi connectivity index (χ1) is 11.8.